The number of urea groups is 1. The van der Waals surface area contributed by atoms with Crippen molar-refractivity contribution in [1.82, 2.24) is 20.2 Å². The Labute approximate surface area is 285 Å². The second-order valence-electron chi connectivity index (χ2n) is 11.2. The molecule has 6 rings (SSSR count). The van der Waals surface area contributed by atoms with Crippen molar-refractivity contribution in [2.75, 3.05) is 10.6 Å². The number of ether oxygens (including phenoxy) is 1. The van der Waals surface area contributed by atoms with Crippen LogP contribution in [0.15, 0.2) is 120 Å². The van der Waals surface area contributed by atoms with Crippen molar-refractivity contribution in [3.05, 3.63) is 160 Å². The largest absolute Gasteiger partial charge is 0.457 e. The molecule has 252 valence electrons. The average molecular weight is 675 g/mol. The highest BCUT2D eigenvalue weighted by Gasteiger charge is 2.20. The fraction of sp³-hybridized carbons (Fsp3) is 0.105. The number of fused-ring (bicyclic) bond motifs is 1. The van der Waals surface area contributed by atoms with Gasteiger partial charge in [-0.25, -0.2) is 18.6 Å². The fourth-order valence-corrected chi connectivity index (χ4v) is 5.48. The molecule has 0 bridgehead atoms. The van der Waals surface area contributed by atoms with Gasteiger partial charge in [-0.05, 0) is 66.2 Å². The molecule has 4 N–H and O–H groups in total. The number of halogens is 2. The van der Waals surface area contributed by atoms with Gasteiger partial charge in [0.2, 0.25) is 6.41 Å². The predicted octanol–water partition coefficient (Wildman–Crippen LogP) is 6.70. The van der Waals surface area contributed by atoms with Crippen LogP contribution in [0.3, 0.4) is 0 Å². The highest BCUT2D eigenvalue weighted by molar-refractivity contribution is 5.88. The van der Waals surface area contributed by atoms with E-state index < -0.39 is 23.1 Å². The van der Waals surface area contributed by atoms with Crippen molar-refractivity contribution >= 4 is 34.8 Å². The van der Waals surface area contributed by atoms with E-state index in [4.69, 9.17) is 4.74 Å². The lowest BCUT2D eigenvalue weighted by Gasteiger charge is -2.20. The normalized spacial score (nSPS) is 10.8. The molecule has 3 amide bonds. The van der Waals surface area contributed by atoms with Gasteiger partial charge in [0.05, 0.1) is 17.4 Å². The molecule has 6 aromatic rings. The average Bonchev–Trinajstić information content (AvgIpc) is 3.12. The highest BCUT2D eigenvalue weighted by Crippen LogP contribution is 2.32. The summed E-state index contributed by atoms with van der Waals surface area (Å²) < 4.78 is 37.7. The lowest BCUT2D eigenvalue weighted by Crippen LogP contribution is -2.31. The number of rotatable bonds is 13. The van der Waals surface area contributed by atoms with E-state index in [-0.39, 0.29) is 36.1 Å². The first-order valence-corrected chi connectivity index (χ1v) is 15.7. The van der Waals surface area contributed by atoms with Crippen molar-refractivity contribution in [3.63, 3.8) is 0 Å². The van der Waals surface area contributed by atoms with Gasteiger partial charge in [0.15, 0.2) is 5.43 Å². The molecule has 0 aliphatic rings. The molecule has 0 atom stereocenters. The third-order valence-electron chi connectivity index (χ3n) is 7.91. The first-order valence-electron chi connectivity index (χ1n) is 15.7. The summed E-state index contributed by atoms with van der Waals surface area (Å²) in [7, 11) is 0. The molecular weight excluding hydrogens is 642 g/mol. The van der Waals surface area contributed by atoms with Crippen molar-refractivity contribution in [2.24, 2.45) is 0 Å². The Balaban J connectivity index is 1.44. The smallest absolute Gasteiger partial charge is 0.320 e. The summed E-state index contributed by atoms with van der Waals surface area (Å²) in [5.41, 5.74) is 2.10. The molecule has 0 spiro atoms. The van der Waals surface area contributed by atoms with Gasteiger partial charge >= 0.3 is 6.03 Å². The van der Waals surface area contributed by atoms with Crippen molar-refractivity contribution in [2.45, 2.75) is 26.2 Å². The van der Waals surface area contributed by atoms with E-state index in [1.807, 2.05) is 30.3 Å². The molecule has 0 aliphatic heterocycles. The van der Waals surface area contributed by atoms with Crippen molar-refractivity contribution in [1.29, 1.82) is 0 Å². The maximum Gasteiger partial charge on any atom is 0.320 e. The van der Waals surface area contributed by atoms with E-state index in [0.717, 1.165) is 5.56 Å². The monoisotopic (exact) mass is 674 g/mol. The minimum atomic E-state index is -0.733. The maximum atomic E-state index is 14.9. The summed E-state index contributed by atoms with van der Waals surface area (Å²) in [6, 6.07) is 27.9. The molecule has 0 unspecified atom stereocenters. The zero-order valence-electron chi connectivity index (χ0n) is 26.7. The molecule has 0 fully saturated rings. The Hall–Kier alpha value is -6.40. The number of aromatic nitrogens is 2. The van der Waals surface area contributed by atoms with Crippen LogP contribution in [0.5, 0.6) is 11.5 Å². The standard InChI is InChI=1S/C38H32F2N6O4/c39-31-9-6-10-32(40)30(31)23-46-22-26(20-43-38(49)45-35-11-4-5-18-42-35)37(48)36-29(21-41-19-25-7-2-1-3-8-25)34(17-16-33(36)46)50-28-14-12-27(13-15-28)44-24-47/h1-18,22,24,41H,19-21,23H2,(H,44,47)(H2,42,43,45,49). The number of nitrogens with one attached hydrogen (secondary N) is 4. The van der Waals surface area contributed by atoms with Gasteiger partial charge in [-0.15, -0.1) is 0 Å². The molecule has 0 radical (unpaired) electrons. The number of amides is 3. The number of hydrogen-bond donors (Lipinski definition) is 4. The van der Waals surface area contributed by atoms with Crippen LogP contribution in [-0.2, 0) is 31.0 Å². The van der Waals surface area contributed by atoms with Crippen molar-refractivity contribution in [3.8, 4) is 11.5 Å². The van der Waals surface area contributed by atoms with Crippen molar-refractivity contribution < 1.29 is 23.1 Å². The molecule has 0 aliphatic carbocycles. The van der Waals surface area contributed by atoms with Gasteiger partial charge in [0.25, 0.3) is 0 Å². The fourth-order valence-electron chi connectivity index (χ4n) is 5.48. The molecule has 2 heterocycles. The summed E-state index contributed by atoms with van der Waals surface area (Å²) in [5, 5.41) is 11.5. The summed E-state index contributed by atoms with van der Waals surface area (Å²) in [6.07, 6.45) is 3.60. The molecule has 0 saturated carbocycles. The van der Waals surface area contributed by atoms with Crippen LogP contribution in [0.25, 0.3) is 10.9 Å². The first-order chi connectivity index (χ1) is 24.4. The number of benzene rings is 4. The molecule has 2 aromatic heterocycles. The third-order valence-corrected chi connectivity index (χ3v) is 7.91. The topological polar surface area (TPSA) is 126 Å². The minimum absolute atomic E-state index is 0.177. The van der Waals surface area contributed by atoms with Gasteiger partial charge in [0, 0.05) is 54.4 Å². The minimum Gasteiger partial charge on any atom is -0.457 e. The Morgan fingerprint density at radius 2 is 1.58 bits per heavy atom. The molecular formula is C38H32F2N6O4. The van der Waals surface area contributed by atoms with Crippen LogP contribution >= 0.6 is 0 Å². The molecule has 4 aromatic carbocycles. The number of carbonyl (C=O) groups excluding carboxylic acids is 2. The highest BCUT2D eigenvalue weighted by atomic mass is 19.1. The van der Waals surface area contributed by atoms with Crippen LogP contribution < -0.4 is 31.4 Å². The van der Waals surface area contributed by atoms with Crippen LogP contribution in [-0.4, -0.2) is 22.0 Å². The predicted molar refractivity (Wildman–Crippen MR) is 187 cm³/mol. The number of anilines is 2. The lowest BCUT2D eigenvalue weighted by atomic mass is 10.0. The second-order valence-corrected chi connectivity index (χ2v) is 11.2. The molecule has 50 heavy (non-hydrogen) atoms. The van der Waals surface area contributed by atoms with Gasteiger partial charge in [0.1, 0.15) is 29.0 Å². The van der Waals surface area contributed by atoms with Crippen LogP contribution in [0.4, 0.5) is 25.1 Å². The first kappa shape index (κ1) is 33.5. The summed E-state index contributed by atoms with van der Waals surface area (Å²) >= 11 is 0. The van der Waals surface area contributed by atoms with Gasteiger partial charge in [-0.1, -0.05) is 42.5 Å². The Kier molecular flexibility index (Phi) is 10.5. The number of nitrogens with zero attached hydrogens (tertiary/aromatic N) is 2. The number of carbonyl (C=O) groups is 2. The zero-order valence-corrected chi connectivity index (χ0v) is 26.7. The summed E-state index contributed by atoms with van der Waals surface area (Å²) in [4.78, 5) is 42.1. The van der Waals surface area contributed by atoms with Gasteiger partial charge < -0.3 is 25.3 Å². The second kappa shape index (κ2) is 15.7. The quantitative estimate of drug-likeness (QED) is 0.101. The Bertz CT molecular complexity index is 2160. The Morgan fingerprint density at radius 3 is 2.30 bits per heavy atom. The maximum absolute atomic E-state index is 14.9. The van der Waals surface area contributed by atoms with E-state index in [1.54, 1.807) is 59.2 Å². The lowest BCUT2D eigenvalue weighted by molar-refractivity contribution is -0.105. The number of hydrogen-bond acceptors (Lipinski definition) is 6. The Morgan fingerprint density at radius 1 is 0.820 bits per heavy atom. The number of pyridine rings is 2. The van der Waals surface area contributed by atoms with E-state index in [2.05, 4.69) is 26.3 Å². The summed E-state index contributed by atoms with van der Waals surface area (Å²) in [6.45, 7) is 0.240. The zero-order chi connectivity index (χ0) is 34.9. The van der Waals surface area contributed by atoms with Crippen LogP contribution in [0.1, 0.15) is 22.3 Å². The van der Waals surface area contributed by atoms with Crippen LogP contribution in [0, 0.1) is 11.6 Å². The van der Waals surface area contributed by atoms with E-state index in [9.17, 15) is 23.2 Å². The van der Waals surface area contributed by atoms with E-state index in [0.29, 0.717) is 47.0 Å². The van der Waals surface area contributed by atoms with Gasteiger partial charge in [-0.2, -0.15) is 0 Å². The third kappa shape index (κ3) is 8.00. The SMILES string of the molecule is O=CNc1ccc(Oc2ccc3c(c2CNCc2ccccc2)c(=O)c(CNC(=O)Nc2ccccn2)cn3Cc2c(F)cccc2F)cc1. The molecule has 0 saturated heterocycles. The summed E-state index contributed by atoms with van der Waals surface area (Å²) in [5.74, 6) is -0.331. The molecule has 10 nitrogen and oxygen atoms in total. The van der Waals surface area contributed by atoms with E-state index >= 15 is 0 Å². The van der Waals surface area contributed by atoms with Crippen LogP contribution in [0.2, 0.25) is 0 Å². The molecule has 12 heteroatoms. The van der Waals surface area contributed by atoms with Gasteiger partial charge in [-0.3, -0.25) is 14.9 Å². The van der Waals surface area contributed by atoms with E-state index in [1.165, 1.54) is 30.6 Å².